The molecule has 0 saturated heterocycles. The molecule has 0 aromatic heterocycles. The lowest BCUT2D eigenvalue weighted by atomic mass is 10.1. The number of halogens is 1. The van der Waals surface area contributed by atoms with Crippen molar-refractivity contribution in [3.63, 3.8) is 0 Å². The molecule has 0 bridgehead atoms. The topological polar surface area (TPSA) is 86.8 Å². The van der Waals surface area contributed by atoms with Gasteiger partial charge in [-0.15, -0.1) is 0 Å². The number of benzene rings is 3. The molecule has 1 fully saturated rings. The number of nitrogens with zero attached hydrogens (tertiary/aromatic N) is 2. The van der Waals surface area contributed by atoms with Crippen molar-refractivity contribution in [2.24, 2.45) is 0 Å². The molecule has 3 aromatic carbocycles. The number of sulfonamides is 1. The lowest BCUT2D eigenvalue weighted by Gasteiger charge is -2.33. The molecule has 3 aromatic rings. The van der Waals surface area contributed by atoms with Crippen LogP contribution in [0.1, 0.15) is 49.3 Å². The highest BCUT2D eigenvalue weighted by atomic mass is 32.2. The average Bonchev–Trinajstić information content (AvgIpc) is 3.44. The Morgan fingerprint density at radius 2 is 1.57 bits per heavy atom. The van der Waals surface area contributed by atoms with E-state index in [0.29, 0.717) is 0 Å². The summed E-state index contributed by atoms with van der Waals surface area (Å²) < 4.78 is 43.4. The summed E-state index contributed by atoms with van der Waals surface area (Å²) in [5.74, 6) is -1.69. The fraction of sp³-hybridized carbons (Fsp3) is 0.355. The van der Waals surface area contributed by atoms with Gasteiger partial charge in [0.15, 0.2) is 0 Å². The number of hydrogen-bond acceptors (Lipinski definition) is 4. The van der Waals surface area contributed by atoms with E-state index >= 15 is 4.39 Å². The van der Waals surface area contributed by atoms with Gasteiger partial charge in [0.25, 0.3) is 10.0 Å². The van der Waals surface area contributed by atoms with Gasteiger partial charge in [-0.2, -0.15) is 0 Å². The first-order valence-corrected chi connectivity index (χ1v) is 15.0. The van der Waals surface area contributed by atoms with Crippen molar-refractivity contribution in [1.82, 2.24) is 10.2 Å². The van der Waals surface area contributed by atoms with Gasteiger partial charge in [-0.1, -0.05) is 66.9 Å². The normalized spacial score (nSPS) is 14.5. The summed E-state index contributed by atoms with van der Waals surface area (Å²) in [6.07, 6.45) is 3.86. The summed E-state index contributed by atoms with van der Waals surface area (Å²) in [5.41, 5.74) is 2.38. The molecule has 1 aliphatic carbocycles. The van der Waals surface area contributed by atoms with Crippen molar-refractivity contribution in [1.29, 1.82) is 0 Å². The van der Waals surface area contributed by atoms with E-state index in [9.17, 15) is 18.0 Å². The molecule has 0 aliphatic heterocycles. The summed E-state index contributed by atoms with van der Waals surface area (Å²) >= 11 is 0. The van der Waals surface area contributed by atoms with Crippen LogP contribution in [0, 0.1) is 19.7 Å². The number of anilines is 1. The van der Waals surface area contributed by atoms with Gasteiger partial charge in [0.1, 0.15) is 18.4 Å². The van der Waals surface area contributed by atoms with Crippen LogP contribution in [0.4, 0.5) is 10.1 Å². The summed E-state index contributed by atoms with van der Waals surface area (Å²) in [7, 11) is -4.32. The minimum atomic E-state index is -4.32. The van der Waals surface area contributed by atoms with Gasteiger partial charge in [0.2, 0.25) is 11.8 Å². The second kappa shape index (κ2) is 12.6. The van der Waals surface area contributed by atoms with Gasteiger partial charge in [-0.05, 0) is 69.0 Å². The van der Waals surface area contributed by atoms with E-state index in [1.165, 1.54) is 35.2 Å². The predicted octanol–water partition coefficient (Wildman–Crippen LogP) is 5.11. The van der Waals surface area contributed by atoms with Gasteiger partial charge in [-0.3, -0.25) is 13.9 Å². The van der Waals surface area contributed by atoms with Crippen LogP contribution in [0.5, 0.6) is 0 Å². The van der Waals surface area contributed by atoms with Crippen LogP contribution in [0.15, 0.2) is 77.7 Å². The van der Waals surface area contributed by atoms with Gasteiger partial charge in [0.05, 0.1) is 10.6 Å². The first kappa shape index (κ1) is 29.3. The monoisotopic (exact) mass is 565 g/mol. The Bertz CT molecular complexity index is 1450. The minimum Gasteiger partial charge on any atom is -0.352 e. The number of para-hydroxylation sites is 1. The third-order valence-electron chi connectivity index (χ3n) is 7.48. The van der Waals surface area contributed by atoms with Crippen molar-refractivity contribution >= 4 is 27.5 Å². The smallest absolute Gasteiger partial charge is 0.264 e. The second-order valence-corrected chi connectivity index (χ2v) is 12.3. The zero-order valence-corrected chi connectivity index (χ0v) is 24.0. The molecule has 0 radical (unpaired) electrons. The van der Waals surface area contributed by atoms with Gasteiger partial charge >= 0.3 is 0 Å². The summed E-state index contributed by atoms with van der Waals surface area (Å²) in [6.45, 7) is 4.80. The highest BCUT2D eigenvalue weighted by molar-refractivity contribution is 7.92. The molecular formula is C31H36FN3O4S. The number of amides is 2. The van der Waals surface area contributed by atoms with Crippen molar-refractivity contribution in [2.75, 3.05) is 10.8 Å². The largest absolute Gasteiger partial charge is 0.352 e. The Balaban J connectivity index is 1.70. The number of aryl methyl sites for hydroxylation is 2. The number of carbonyl (C=O) groups is 2. The molecule has 1 N–H and O–H groups in total. The Morgan fingerprint density at radius 1 is 0.950 bits per heavy atom. The molecule has 9 heteroatoms. The van der Waals surface area contributed by atoms with E-state index in [4.69, 9.17) is 0 Å². The van der Waals surface area contributed by atoms with E-state index in [1.54, 1.807) is 19.1 Å². The number of carbonyl (C=O) groups excluding carboxylic acids is 2. The minimum absolute atomic E-state index is 0.0576. The first-order chi connectivity index (χ1) is 19.1. The molecule has 2 amide bonds. The Morgan fingerprint density at radius 3 is 2.23 bits per heavy atom. The standard InChI is InChI=1S/C31H36FN3O4S/c1-22-16-18-27(19-17-22)40(38,39)35(29-15-9-8-14-28(29)32)21-30(36)34(20-25-11-5-4-10-23(25)2)24(3)31(37)33-26-12-6-7-13-26/h4-5,8-11,14-19,24,26H,6-7,12-13,20-21H2,1-3H3,(H,33,37). The Hall–Kier alpha value is -3.72. The molecule has 1 unspecified atom stereocenters. The fourth-order valence-electron chi connectivity index (χ4n) is 4.95. The molecule has 7 nitrogen and oxygen atoms in total. The zero-order chi connectivity index (χ0) is 28.9. The van der Waals surface area contributed by atoms with Crippen LogP contribution in [-0.2, 0) is 26.2 Å². The number of rotatable bonds is 10. The fourth-order valence-corrected chi connectivity index (χ4v) is 6.37. The van der Waals surface area contributed by atoms with E-state index in [1.807, 2.05) is 38.1 Å². The van der Waals surface area contributed by atoms with E-state index in [2.05, 4.69) is 5.32 Å². The number of hydrogen-bond donors (Lipinski definition) is 1. The summed E-state index contributed by atoms with van der Waals surface area (Å²) in [5, 5.41) is 3.05. The Kier molecular flexibility index (Phi) is 9.25. The van der Waals surface area contributed by atoms with Gasteiger partial charge in [-0.25, -0.2) is 12.8 Å². The van der Waals surface area contributed by atoms with Crippen molar-refractivity contribution in [3.05, 3.63) is 95.3 Å². The van der Waals surface area contributed by atoms with Crippen molar-refractivity contribution in [3.8, 4) is 0 Å². The molecule has 0 heterocycles. The molecule has 0 spiro atoms. The van der Waals surface area contributed by atoms with E-state index in [0.717, 1.165) is 52.7 Å². The quantitative estimate of drug-likeness (QED) is 0.370. The predicted molar refractivity (Wildman–Crippen MR) is 154 cm³/mol. The molecule has 40 heavy (non-hydrogen) atoms. The second-order valence-electron chi connectivity index (χ2n) is 10.4. The zero-order valence-electron chi connectivity index (χ0n) is 23.1. The summed E-state index contributed by atoms with van der Waals surface area (Å²) in [6, 6.07) is 18.3. The van der Waals surface area contributed by atoms with Gasteiger partial charge in [0, 0.05) is 12.6 Å². The van der Waals surface area contributed by atoms with Crippen LogP contribution < -0.4 is 9.62 Å². The Labute approximate surface area is 236 Å². The van der Waals surface area contributed by atoms with Crippen LogP contribution in [0.3, 0.4) is 0 Å². The highest BCUT2D eigenvalue weighted by Crippen LogP contribution is 2.27. The van der Waals surface area contributed by atoms with E-state index < -0.39 is 34.3 Å². The van der Waals surface area contributed by atoms with Crippen molar-refractivity contribution < 1.29 is 22.4 Å². The van der Waals surface area contributed by atoms with Crippen LogP contribution in [-0.4, -0.2) is 43.8 Å². The third-order valence-corrected chi connectivity index (χ3v) is 9.25. The van der Waals surface area contributed by atoms with Gasteiger partial charge < -0.3 is 10.2 Å². The van der Waals surface area contributed by atoms with Crippen LogP contribution in [0.2, 0.25) is 0 Å². The van der Waals surface area contributed by atoms with E-state index in [-0.39, 0.29) is 29.1 Å². The van der Waals surface area contributed by atoms with Crippen molar-refractivity contribution in [2.45, 2.75) is 70.0 Å². The third kappa shape index (κ3) is 6.70. The maximum atomic E-state index is 15.0. The van der Waals surface area contributed by atoms with Crippen LogP contribution >= 0.6 is 0 Å². The highest BCUT2D eigenvalue weighted by Gasteiger charge is 2.34. The lowest BCUT2D eigenvalue weighted by Crippen LogP contribution is -2.52. The molecular weight excluding hydrogens is 529 g/mol. The lowest BCUT2D eigenvalue weighted by molar-refractivity contribution is -0.139. The molecule has 4 rings (SSSR count). The summed E-state index contributed by atoms with van der Waals surface area (Å²) in [4.78, 5) is 28.6. The average molecular weight is 566 g/mol. The maximum absolute atomic E-state index is 15.0. The molecule has 212 valence electrons. The first-order valence-electron chi connectivity index (χ1n) is 13.6. The molecule has 1 saturated carbocycles. The SMILES string of the molecule is Cc1ccc(S(=O)(=O)N(CC(=O)N(Cc2ccccc2C)C(C)C(=O)NC2CCCC2)c2ccccc2F)cc1. The van der Waals surface area contributed by atoms with Crippen LogP contribution in [0.25, 0.3) is 0 Å². The maximum Gasteiger partial charge on any atom is 0.264 e. The molecule has 1 aliphatic rings. The number of nitrogens with one attached hydrogen (secondary N) is 1. The molecule has 1 atom stereocenters.